The third-order valence-corrected chi connectivity index (χ3v) is 3.38. The van der Waals surface area contributed by atoms with E-state index < -0.39 is 0 Å². The normalized spacial score (nSPS) is 40.9. The lowest BCUT2D eigenvalue weighted by molar-refractivity contribution is 0.119. The molecule has 2 atom stereocenters. The van der Waals surface area contributed by atoms with Gasteiger partial charge in [0.15, 0.2) is 0 Å². The minimum absolute atomic E-state index is 0.871. The van der Waals surface area contributed by atoms with Gasteiger partial charge in [0.05, 0.1) is 0 Å². The van der Waals surface area contributed by atoms with Crippen molar-refractivity contribution in [3.05, 3.63) is 0 Å². The van der Waals surface area contributed by atoms with Crippen LogP contribution in [-0.2, 0) is 0 Å². The van der Waals surface area contributed by atoms with Crippen LogP contribution in [0.2, 0.25) is 0 Å². The molecule has 0 radical (unpaired) electrons. The lowest BCUT2D eigenvalue weighted by atomic mass is 9.91. The molecule has 0 aromatic rings. The number of hydrogen-bond acceptors (Lipinski definition) is 1. The maximum atomic E-state index is 2.73. The first-order valence-electron chi connectivity index (χ1n) is 5.03. The Balaban J connectivity index is 1.92. The highest BCUT2D eigenvalue weighted by atomic mass is 15.2. The van der Waals surface area contributed by atoms with Crippen molar-refractivity contribution in [2.75, 3.05) is 6.54 Å². The van der Waals surface area contributed by atoms with Crippen LogP contribution in [0, 0.1) is 5.92 Å². The average molecular weight is 153 g/mol. The van der Waals surface area contributed by atoms with Crippen LogP contribution in [0.1, 0.15) is 39.5 Å². The summed E-state index contributed by atoms with van der Waals surface area (Å²) < 4.78 is 0. The predicted molar refractivity (Wildman–Crippen MR) is 47.6 cm³/mol. The van der Waals surface area contributed by atoms with Gasteiger partial charge in [0, 0.05) is 18.6 Å². The fraction of sp³-hybridized carbons (Fsp3) is 1.00. The number of rotatable bonds is 1. The maximum Gasteiger partial charge on any atom is 0.00982 e. The van der Waals surface area contributed by atoms with Crippen LogP contribution >= 0.6 is 0 Å². The Morgan fingerprint density at radius 1 is 1.18 bits per heavy atom. The molecule has 0 aromatic heterocycles. The fourth-order valence-corrected chi connectivity index (χ4v) is 2.56. The molecule has 11 heavy (non-hydrogen) atoms. The predicted octanol–water partition coefficient (Wildman–Crippen LogP) is 2.27. The van der Waals surface area contributed by atoms with Crippen molar-refractivity contribution >= 4 is 0 Å². The van der Waals surface area contributed by atoms with Gasteiger partial charge in [-0.15, -0.1) is 0 Å². The topological polar surface area (TPSA) is 3.24 Å². The molecule has 2 aliphatic rings. The Morgan fingerprint density at radius 3 is 2.27 bits per heavy atom. The molecular formula is C10H19N. The van der Waals surface area contributed by atoms with Gasteiger partial charge in [-0.1, -0.05) is 13.3 Å². The van der Waals surface area contributed by atoms with Crippen LogP contribution in [0.4, 0.5) is 0 Å². The van der Waals surface area contributed by atoms with Gasteiger partial charge in [-0.3, -0.25) is 4.90 Å². The van der Waals surface area contributed by atoms with Gasteiger partial charge in [-0.25, -0.2) is 0 Å². The van der Waals surface area contributed by atoms with Crippen molar-refractivity contribution in [1.82, 2.24) is 4.90 Å². The summed E-state index contributed by atoms with van der Waals surface area (Å²) in [6.45, 7) is 6.14. The Morgan fingerprint density at radius 2 is 1.91 bits per heavy atom. The third-order valence-electron chi connectivity index (χ3n) is 3.38. The molecule has 0 amide bonds. The molecule has 1 heterocycles. The zero-order valence-electron chi connectivity index (χ0n) is 7.71. The van der Waals surface area contributed by atoms with E-state index in [1.54, 1.807) is 0 Å². The standard InChI is InChI=1S/C10H19N/c1-8-6-9(2)11(7-8)10-4-3-5-10/h8-10H,3-7H2,1-2H3. The van der Waals surface area contributed by atoms with Gasteiger partial charge >= 0.3 is 0 Å². The van der Waals surface area contributed by atoms with E-state index in [9.17, 15) is 0 Å². The summed E-state index contributed by atoms with van der Waals surface area (Å²) in [4.78, 5) is 2.73. The smallest absolute Gasteiger partial charge is 0.00982 e. The van der Waals surface area contributed by atoms with Gasteiger partial charge in [0.1, 0.15) is 0 Å². The Kier molecular flexibility index (Phi) is 1.92. The van der Waals surface area contributed by atoms with Crippen molar-refractivity contribution in [1.29, 1.82) is 0 Å². The monoisotopic (exact) mass is 153 g/mol. The van der Waals surface area contributed by atoms with E-state index in [1.807, 2.05) is 0 Å². The summed E-state index contributed by atoms with van der Waals surface area (Å²) in [5, 5.41) is 0. The van der Waals surface area contributed by atoms with E-state index >= 15 is 0 Å². The lowest BCUT2D eigenvalue weighted by Gasteiger charge is -2.37. The highest BCUT2D eigenvalue weighted by molar-refractivity contribution is 4.89. The largest absolute Gasteiger partial charge is 0.297 e. The molecular weight excluding hydrogens is 134 g/mol. The molecule has 0 bridgehead atoms. The highest BCUT2D eigenvalue weighted by Crippen LogP contribution is 2.32. The lowest BCUT2D eigenvalue weighted by Crippen LogP contribution is -2.42. The van der Waals surface area contributed by atoms with Gasteiger partial charge in [0.2, 0.25) is 0 Å². The molecule has 2 fully saturated rings. The second-order valence-corrected chi connectivity index (χ2v) is 4.47. The van der Waals surface area contributed by atoms with Crippen LogP contribution in [0.3, 0.4) is 0 Å². The highest BCUT2D eigenvalue weighted by Gasteiger charge is 2.34. The van der Waals surface area contributed by atoms with Crippen molar-refractivity contribution in [2.24, 2.45) is 5.92 Å². The number of hydrogen-bond donors (Lipinski definition) is 0. The van der Waals surface area contributed by atoms with Gasteiger partial charge in [-0.05, 0) is 32.1 Å². The SMILES string of the molecule is CC1CC(C)N(C2CCC2)C1. The van der Waals surface area contributed by atoms with E-state index in [1.165, 1.54) is 32.2 Å². The second kappa shape index (κ2) is 2.78. The van der Waals surface area contributed by atoms with Gasteiger partial charge < -0.3 is 0 Å². The van der Waals surface area contributed by atoms with Crippen LogP contribution in [0.15, 0.2) is 0 Å². The van der Waals surface area contributed by atoms with Crippen molar-refractivity contribution in [3.8, 4) is 0 Å². The molecule has 2 unspecified atom stereocenters. The van der Waals surface area contributed by atoms with E-state index in [-0.39, 0.29) is 0 Å². The molecule has 1 nitrogen and oxygen atoms in total. The van der Waals surface area contributed by atoms with Crippen LogP contribution in [0.5, 0.6) is 0 Å². The molecule has 2 rings (SSSR count). The number of likely N-dealkylation sites (tertiary alicyclic amines) is 1. The average Bonchev–Trinajstić information content (AvgIpc) is 2.07. The Bertz CT molecular complexity index is 138. The van der Waals surface area contributed by atoms with E-state index in [0.29, 0.717) is 0 Å². The van der Waals surface area contributed by atoms with E-state index in [4.69, 9.17) is 0 Å². The molecule has 1 aliphatic heterocycles. The summed E-state index contributed by atoms with van der Waals surface area (Å²) in [5.74, 6) is 0.950. The van der Waals surface area contributed by atoms with Crippen molar-refractivity contribution < 1.29 is 0 Å². The zero-order chi connectivity index (χ0) is 7.84. The van der Waals surface area contributed by atoms with Gasteiger partial charge in [-0.2, -0.15) is 0 Å². The summed E-state index contributed by atoms with van der Waals surface area (Å²) in [6, 6.07) is 1.84. The molecule has 1 saturated heterocycles. The molecule has 0 N–H and O–H groups in total. The quantitative estimate of drug-likeness (QED) is 0.558. The molecule has 0 aromatic carbocycles. The fourth-order valence-electron chi connectivity index (χ4n) is 2.56. The maximum absolute atomic E-state index is 2.73. The summed E-state index contributed by atoms with van der Waals surface area (Å²) in [7, 11) is 0. The first kappa shape index (κ1) is 7.60. The van der Waals surface area contributed by atoms with Crippen LogP contribution in [-0.4, -0.2) is 23.5 Å². The molecule has 1 aliphatic carbocycles. The summed E-state index contributed by atoms with van der Waals surface area (Å²) >= 11 is 0. The molecule has 1 saturated carbocycles. The number of nitrogens with zero attached hydrogens (tertiary/aromatic N) is 1. The summed E-state index contributed by atoms with van der Waals surface area (Å²) in [5.41, 5.74) is 0. The minimum atomic E-state index is 0.871. The van der Waals surface area contributed by atoms with Crippen molar-refractivity contribution in [3.63, 3.8) is 0 Å². The Labute approximate surface area is 69.8 Å². The molecule has 1 heteroatoms. The van der Waals surface area contributed by atoms with Crippen molar-refractivity contribution in [2.45, 2.75) is 51.6 Å². The molecule has 0 spiro atoms. The van der Waals surface area contributed by atoms with Crippen LogP contribution in [0.25, 0.3) is 0 Å². The second-order valence-electron chi connectivity index (χ2n) is 4.47. The first-order chi connectivity index (χ1) is 5.27. The van der Waals surface area contributed by atoms with Gasteiger partial charge in [0.25, 0.3) is 0 Å². The minimum Gasteiger partial charge on any atom is -0.297 e. The Hall–Kier alpha value is -0.0400. The van der Waals surface area contributed by atoms with E-state index in [2.05, 4.69) is 18.7 Å². The zero-order valence-corrected chi connectivity index (χ0v) is 7.71. The van der Waals surface area contributed by atoms with E-state index in [0.717, 1.165) is 18.0 Å². The summed E-state index contributed by atoms with van der Waals surface area (Å²) in [6.07, 6.45) is 5.84. The van der Waals surface area contributed by atoms with Crippen LogP contribution < -0.4 is 0 Å². The third kappa shape index (κ3) is 1.31. The first-order valence-corrected chi connectivity index (χ1v) is 5.03. The molecule has 64 valence electrons.